The van der Waals surface area contributed by atoms with Gasteiger partial charge in [-0.25, -0.2) is 0 Å². The molecule has 0 fully saturated rings. The summed E-state index contributed by atoms with van der Waals surface area (Å²) in [4.78, 5) is 1.50. The highest BCUT2D eigenvalue weighted by molar-refractivity contribution is 6.21. The molecule has 1 aromatic heterocycles. The van der Waals surface area contributed by atoms with E-state index in [1.165, 1.54) is 22.3 Å². The summed E-state index contributed by atoms with van der Waals surface area (Å²) in [5.74, 6) is 1.17. The molecule has 2 unspecified atom stereocenters. The van der Waals surface area contributed by atoms with Crippen LogP contribution in [0.4, 0.5) is 0 Å². The van der Waals surface area contributed by atoms with Crippen molar-refractivity contribution in [3.8, 4) is 0 Å². The lowest BCUT2D eigenvalue weighted by Gasteiger charge is -2.19. The van der Waals surface area contributed by atoms with Crippen LogP contribution in [-0.4, -0.2) is 20.2 Å². The van der Waals surface area contributed by atoms with Crippen molar-refractivity contribution in [1.29, 1.82) is 0 Å². The van der Waals surface area contributed by atoms with Gasteiger partial charge in [0.1, 0.15) is 0 Å². The summed E-state index contributed by atoms with van der Waals surface area (Å²) in [6.45, 7) is 0. The maximum Gasteiger partial charge on any atom is 0.175 e. The van der Waals surface area contributed by atoms with Crippen LogP contribution in [0, 0.1) is 5.92 Å². The molecule has 100 valence electrons. The van der Waals surface area contributed by atoms with Crippen molar-refractivity contribution in [2.75, 3.05) is 0 Å². The average Bonchev–Trinajstić information content (AvgIpc) is 2.75. The van der Waals surface area contributed by atoms with Crippen LogP contribution in [0.5, 0.6) is 0 Å². The van der Waals surface area contributed by atoms with E-state index in [4.69, 9.17) is 11.6 Å². The number of aryl methyl sites for hydroxylation is 2. The minimum Gasteiger partial charge on any atom is -0.167 e. The molecule has 0 bridgehead atoms. The van der Waals surface area contributed by atoms with Crippen LogP contribution < -0.4 is 0 Å². The fourth-order valence-corrected chi connectivity index (χ4v) is 3.26. The Morgan fingerprint density at radius 1 is 1.37 bits per heavy atom. The first kappa shape index (κ1) is 12.6. The Morgan fingerprint density at radius 3 is 3.00 bits per heavy atom. The van der Waals surface area contributed by atoms with Gasteiger partial charge in [-0.15, -0.1) is 21.8 Å². The molecule has 1 aromatic carbocycles. The lowest BCUT2D eigenvalue weighted by atomic mass is 9.93. The second-order valence-electron chi connectivity index (χ2n) is 5.15. The lowest BCUT2D eigenvalue weighted by Crippen LogP contribution is -2.12. The van der Waals surface area contributed by atoms with Crippen LogP contribution in [-0.2, 0) is 19.9 Å². The van der Waals surface area contributed by atoms with Crippen molar-refractivity contribution in [3.05, 3.63) is 41.2 Å². The molecule has 1 heterocycles. The highest BCUT2D eigenvalue weighted by Crippen LogP contribution is 2.39. The van der Waals surface area contributed by atoms with Crippen molar-refractivity contribution < 1.29 is 0 Å². The highest BCUT2D eigenvalue weighted by atomic mass is 35.5. The summed E-state index contributed by atoms with van der Waals surface area (Å²) in [6, 6.07) is 8.49. The number of rotatable bonds is 2. The van der Waals surface area contributed by atoms with E-state index in [-0.39, 0.29) is 5.38 Å². The average molecular weight is 277 g/mol. The number of benzene rings is 1. The number of halogens is 1. The van der Waals surface area contributed by atoms with Gasteiger partial charge in [0.15, 0.2) is 5.82 Å². The first-order valence-electron chi connectivity index (χ1n) is 6.69. The van der Waals surface area contributed by atoms with E-state index in [0.717, 1.165) is 25.1 Å². The maximum absolute atomic E-state index is 6.69. The van der Waals surface area contributed by atoms with Gasteiger partial charge < -0.3 is 0 Å². The summed E-state index contributed by atoms with van der Waals surface area (Å²) in [7, 11) is 1.79. The minimum absolute atomic E-state index is 0.0440. The third-order valence-electron chi connectivity index (χ3n) is 3.78. The van der Waals surface area contributed by atoms with Crippen LogP contribution in [0.15, 0.2) is 24.3 Å². The third-order valence-corrected chi connectivity index (χ3v) is 4.37. The normalized spacial score (nSPS) is 22.8. The number of hydrogen-bond donors (Lipinski definition) is 0. The second kappa shape index (κ2) is 5.29. The molecule has 1 aliphatic carbocycles. The molecule has 4 nitrogen and oxygen atoms in total. The first-order valence-corrected chi connectivity index (χ1v) is 7.12. The van der Waals surface area contributed by atoms with Crippen molar-refractivity contribution in [2.45, 2.75) is 31.1 Å². The smallest absolute Gasteiger partial charge is 0.167 e. The van der Waals surface area contributed by atoms with Gasteiger partial charge in [0.25, 0.3) is 0 Å². The van der Waals surface area contributed by atoms with Crippen LogP contribution in [0.1, 0.15) is 35.2 Å². The number of fused-ring (bicyclic) bond motifs is 1. The molecule has 5 heteroatoms. The summed E-state index contributed by atoms with van der Waals surface area (Å²) in [5.41, 5.74) is 2.66. The number of tetrazole rings is 1. The van der Waals surface area contributed by atoms with Crippen molar-refractivity contribution in [2.24, 2.45) is 13.0 Å². The van der Waals surface area contributed by atoms with Gasteiger partial charge in [-0.2, -0.15) is 4.80 Å². The van der Waals surface area contributed by atoms with E-state index in [2.05, 4.69) is 39.7 Å². The predicted molar refractivity (Wildman–Crippen MR) is 74.0 cm³/mol. The van der Waals surface area contributed by atoms with E-state index in [1.807, 2.05) is 0 Å². The molecule has 19 heavy (non-hydrogen) atoms. The van der Waals surface area contributed by atoms with Gasteiger partial charge in [-0.3, -0.25) is 0 Å². The zero-order valence-corrected chi connectivity index (χ0v) is 11.7. The first-order chi connectivity index (χ1) is 9.24. The van der Waals surface area contributed by atoms with Gasteiger partial charge in [0.2, 0.25) is 0 Å². The van der Waals surface area contributed by atoms with E-state index in [0.29, 0.717) is 5.92 Å². The lowest BCUT2D eigenvalue weighted by molar-refractivity contribution is 0.454. The highest BCUT2D eigenvalue weighted by Gasteiger charge is 2.27. The van der Waals surface area contributed by atoms with Crippen molar-refractivity contribution in [1.82, 2.24) is 20.2 Å². The number of aromatic nitrogens is 4. The fraction of sp³-hybridized carbons (Fsp3) is 0.500. The fourth-order valence-electron chi connectivity index (χ4n) is 2.83. The molecule has 0 aliphatic heterocycles. The molecular weight excluding hydrogens is 260 g/mol. The molecule has 0 saturated carbocycles. The Kier molecular flexibility index (Phi) is 3.51. The number of alkyl halides is 1. The molecule has 0 saturated heterocycles. The molecule has 1 aliphatic rings. The summed E-state index contributed by atoms with van der Waals surface area (Å²) < 4.78 is 0. The van der Waals surface area contributed by atoms with E-state index < -0.39 is 0 Å². The minimum atomic E-state index is 0.0440. The summed E-state index contributed by atoms with van der Waals surface area (Å²) >= 11 is 6.69. The van der Waals surface area contributed by atoms with Gasteiger partial charge >= 0.3 is 0 Å². The summed E-state index contributed by atoms with van der Waals surface area (Å²) in [5, 5.41) is 12.3. The van der Waals surface area contributed by atoms with Crippen LogP contribution >= 0.6 is 11.6 Å². The molecule has 0 amide bonds. The molecule has 2 atom stereocenters. The van der Waals surface area contributed by atoms with E-state index >= 15 is 0 Å². The zero-order valence-electron chi connectivity index (χ0n) is 11.0. The monoisotopic (exact) mass is 276 g/mol. The topological polar surface area (TPSA) is 43.6 Å². The largest absolute Gasteiger partial charge is 0.175 e. The zero-order chi connectivity index (χ0) is 13.2. The maximum atomic E-state index is 6.69. The molecular formula is C14H17ClN4. The van der Waals surface area contributed by atoms with Crippen molar-refractivity contribution >= 4 is 11.6 Å². The Bertz CT molecular complexity index is 566. The van der Waals surface area contributed by atoms with Gasteiger partial charge in [-0.05, 0) is 41.5 Å². The van der Waals surface area contributed by atoms with Crippen molar-refractivity contribution in [3.63, 3.8) is 0 Å². The Labute approximate surface area is 117 Å². The Hall–Kier alpha value is -1.42. The van der Waals surface area contributed by atoms with Crippen LogP contribution in [0.2, 0.25) is 0 Å². The van der Waals surface area contributed by atoms with Gasteiger partial charge in [0, 0.05) is 6.42 Å². The van der Waals surface area contributed by atoms with E-state index in [9.17, 15) is 0 Å². The second-order valence-corrected chi connectivity index (χ2v) is 5.62. The SMILES string of the molecule is Cn1nnc(CC2CCCc3ccccc3C2Cl)n1. The molecule has 0 radical (unpaired) electrons. The predicted octanol–water partition coefficient (Wildman–Crippen LogP) is 2.69. The number of nitrogens with zero attached hydrogens (tertiary/aromatic N) is 4. The van der Waals surface area contributed by atoms with Gasteiger partial charge in [-0.1, -0.05) is 24.3 Å². The van der Waals surface area contributed by atoms with Crippen LogP contribution in [0.3, 0.4) is 0 Å². The van der Waals surface area contributed by atoms with E-state index in [1.54, 1.807) is 7.05 Å². The van der Waals surface area contributed by atoms with Crippen LogP contribution in [0.25, 0.3) is 0 Å². The Morgan fingerprint density at radius 2 is 2.21 bits per heavy atom. The molecule has 0 spiro atoms. The summed E-state index contributed by atoms with van der Waals surface area (Å²) in [6.07, 6.45) is 4.20. The van der Waals surface area contributed by atoms with Gasteiger partial charge in [0.05, 0.1) is 12.4 Å². The molecule has 2 aromatic rings. The Balaban J connectivity index is 1.83. The third kappa shape index (κ3) is 2.63. The number of hydrogen-bond acceptors (Lipinski definition) is 3. The molecule has 0 N–H and O–H groups in total. The quantitative estimate of drug-likeness (QED) is 0.626. The molecule has 3 rings (SSSR count). The standard InChI is InChI=1S/C14H17ClN4/c1-19-17-13(16-18-19)9-11-7-4-6-10-5-2-3-8-12(10)14(11)15/h2-3,5,8,11,14H,4,6-7,9H2,1H3.